The summed E-state index contributed by atoms with van der Waals surface area (Å²) in [5.41, 5.74) is 0. The van der Waals surface area contributed by atoms with Gasteiger partial charge in [-0.1, -0.05) is 0 Å². The summed E-state index contributed by atoms with van der Waals surface area (Å²) in [6.45, 7) is 3.31. The Labute approximate surface area is 91.5 Å². The van der Waals surface area contributed by atoms with Crippen molar-refractivity contribution in [1.29, 1.82) is 0 Å². The van der Waals surface area contributed by atoms with Gasteiger partial charge < -0.3 is 9.47 Å². The van der Waals surface area contributed by atoms with Crippen molar-refractivity contribution in [2.45, 2.75) is 25.7 Å². The Morgan fingerprint density at radius 1 is 1.75 bits per heavy atom. The average molecular weight is 187 g/mol. The Morgan fingerprint density at radius 2 is 2.33 bits per heavy atom. The van der Waals surface area contributed by atoms with Crippen LogP contribution in [0.4, 0.5) is 4.53 Å². The van der Waals surface area contributed by atoms with Gasteiger partial charge in [0.2, 0.25) is 0 Å². The Kier molecular flexibility index (Phi) is 4.65. The minimum Gasteiger partial charge on any atom is -0.338 e. The van der Waals surface area contributed by atoms with E-state index in [-0.39, 0.29) is 42.3 Å². The fourth-order valence-corrected chi connectivity index (χ4v) is 0.905. The fourth-order valence-electron chi connectivity index (χ4n) is 0.905. The molecule has 1 saturated heterocycles. The molecule has 0 aromatic rings. The van der Waals surface area contributed by atoms with Crippen LogP contribution in [0.5, 0.6) is 0 Å². The second-order valence-corrected chi connectivity index (χ2v) is 2.55. The minimum atomic E-state index is -1.56. The van der Waals surface area contributed by atoms with Gasteiger partial charge in [-0.05, 0) is 6.92 Å². The van der Waals surface area contributed by atoms with E-state index in [2.05, 4.69) is 4.94 Å². The van der Waals surface area contributed by atoms with Gasteiger partial charge in [0, 0.05) is 41.0 Å². The minimum absolute atomic E-state index is 0. The van der Waals surface area contributed by atoms with Gasteiger partial charge in [0.15, 0.2) is 0 Å². The molecule has 0 aromatic carbocycles. The van der Waals surface area contributed by atoms with Crippen molar-refractivity contribution < 1.29 is 23.7 Å². The van der Waals surface area contributed by atoms with Crippen LogP contribution in [0, 0.1) is 0 Å². The maximum absolute atomic E-state index is 11.4. The van der Waals surface area contributed by atoms with E-state index in [9.17, 15) is 9.32 Å². The summed E-state index contributed by atoms with van der Waals surface area (Å²) in [6.07, 6.45) is -0.209. The predicted molar refractivity (Wildman–Crippen MR) is 37.9 cm³/mol. The van der Waals surface area contributed by atoms with Gasteiger partial charge in [-0.2, -0.15) is 0 Å². The number of rotatable bonds is 1. The molecule has 1 heterocycles. The summed E-state index contributed by atoms with van der Waals surface area (Å²) in [5.74, 6) is -2.71. The van der Waals surface area contributed by atoms with Crippen molar-refractivity contribution in [2.24, 2.45) is 0 Å². The van der Waals surface area contributed by atoms with Gasteiger partial charge in [0.05, 0.1) is 12.7 Å². The maximum Gasteiger partial charge on any atom is 0.407 e. The Balaban J connectivity index is 0.00000121. The number of ether oxygens (including phenoxy) is 2. The fraction of sp³-hybridized carbons (Fsp3) is 0.833. The van der Waals surface area contributed by atoms with Crippen molar-refractivity contribution in [3.05, 3.63) is 0 Å². The molecule has 1 radical (unpaired) electrons. The number of halogens is 1. The molecular formula is C6H9FNaO4. The van der Waals surface area contributed by atoms with Gasteiger partial charge in [0.25, 0.3) is 5.79 Å². The van der Waals surface area contributed by atoms with E-state index in [1.54, 1.807) is 6.92 Å². The quantitative estimate of drug-likeness (QED) is 0.549. The average Bonchev–Trinajstić information content (AvgIpc) is 2.31. The van der Waals surface area contributed by atoms with Gasteiger partial charge in [0.1, 0.15) is 0 Å². The van der Waals surface area contributed by atoms with E-state index in [1.165, 1.54) is 6.92 Å². The molecule has 12 heavy (non-hydrogen) atoms. The monoisotopic (exact) mass is 187 g/mol. The molecular weight excluding hydrogens is 178 g/mol. The normalized spacial score (nSPS) is 34.1. The molecule has 4 nitrogen and oxygen atoms in total. The third kappa shape index (κ3) is 2.40. The van der Waals surface area contributed by atoms with Crippen LogP contribution in [-0.2, 0) is 19.2 Å². The summed E-state index contributed by atoms with van der Waals surface area (Å²) in [6, 6.07) is 0. The molecule has 0 bridgehead atoms. The van der Waals surface area contributed by atoms with Crippen LogP contribution >= 0.6 is 0 Å². The third-order valence-electron chi connectivity index (χ3n) is 1.46. The molecule has 0 saturated carbocycles. The standard InChI is InChI=1S/C6H9FO4.Na/c1-4-3-9-6(2,10-4)5(8)11-7;/h4H,3H2,1-2H3;. The predicted octanol–water partition coefficient (Wildman–Crippen LogP) is 0.185. The molecule has 1 rings (SSSR count). The summed E-state index contributed by atoms with van der Waals surface area (Å²) in [7, 11) is 0. The molecule has 6 heteroatoms. The third-order valence-corrected chi connectivity index (χ3v) is 1.46. The molecule has 1 aliphatic rings. The summed E-state index contributed by atoms with van der Waals surface area (Å²) in [4.78, 5) is 13.6. The molecule has 65 valence electrons. The van der Waals surface area contributed by atoms with E-state index in [0.29, 0.717) is 0 Å². The zero-order valence-corrected chi connectivity index (χ0v) is 9.30. The smallest absolute Gasteiger partial charge is 0.338 e. The molecule has 0 amide bonds. The molecule has 2 atom stereocenters. The molecule has 0 aliphatic carbocycles. The van der Waals surface area contributed by atoms with Gasteiger partial charge >= 0.3 is 5.97 Å². The molecule has 1 fully saturated rings. The zero-order valence-electron chi connectivity index (χ0n) is 7.30. The van der Waals surface area contributed by atoms with Crippen LogP contribution < -0.4 is 0 Å². The van der Waals surface area contributed by atoms with Crippen molar-refractivity contribution >= 4 is 35.5 Å². The van der Waals surface area contributed by atoms with Crippen molar-refractivity contribution in [3.63, 3.8) is 0 Å². The van der Waals surface area contributed by atoms with Gasteiger partial charge in [-0.15, -0.1) is 0 Å². The van der Waals surface area contributed by atoms with Crippen molar-refractivity contribution in [1.82, 2.24) is 0 Å². The van der Waals surface area contributed by atoms with Crippen LogP contribution in [0.1, 0.15) is 13.8 Å². The number of carbonyl (C=O) groups is 1. The molecule has 0 N–H and O–H groups in total. The molecule has 1 aliphatic heterocycles. The van der Waals surface area contributed by atoms with E-state index in [1.807, 2.05) is 0 Å². The zero-order chi connectivity index (χ0) is 8.48. The molecule has 0 spiro atoms. The number of carbonyl (C=O) groups excluding carboxylic acids is 1. The van der Waals surface area contributed by atoms with Crippen LogP contribution in [0.3, 0.4) is 0 Å². The Hall–Kier alpha value is 0.320. The van der Waals surface area contributed by atoms with Gasteiger partial charge in [-0.25, -0.2) is 9.74 Å². The van der Waals surface area contributed by atoms with Crippen LogP contribution in [-0.4, -0.2) is 54.0 Å². The van der Waals surface area contributed by atoms with Gasteiger partial charge in [-0.3, -0.25) is 0 Å². The molecule has 2 unspecified atom stereocenters. The van der Waals surface area contributed by atoms with Crippen molar-refractivity contribution in [3.8, 4) is 0 Å². The largest absolute Gasteiger partial charge is 0.407 e. The summed E-state index contributed by atoms with van der Waals surface area (Å²) >= 11 is 0. The van der Waals surface area contributed by atoms with Crippen molar-refractivity contribution in [2.75, 3.05) is 6.61 Å². The Morgan fingerprint density at radius 3 is 2.67 bits per heavy atom. The van der Waals surface area contributed by atoms with E-state index in [4.69, 9.17) is 9.47 Å². The van der Waals surface area contributed by atoms with Crippen LogP contribution in [0.25, 0.3) is 0 Å². The maximum atomic E-state index is 11.4. The number of hydrogen-bond acceptors (Lipinski definition) is 4. The van der Waals surface area contributed by atoms with E-state index < -0.39 is 11.8 Å². The van der Waals surface area contributed by atoms with Crippen LogP contribution in [0.2, 0.25) is 0 Å². The second-order valence-electron chi connectivity index (χ2n) is 2.55. The first kappa shape index (κ1) is 12.3. The first-order valence-electron chi connectivity index (χ1n) is 3.23. The SMILES string of the molecule is CC1COC(C)(C(=O)OF)O1.[Na]. The van der Waals surface area contributed by atoms with E-state index >= 15 is 0 Å². The summed E-state index contributed by atoms with van der Waals surface area (Å²) in [5, 5.41) is 0. The van der Waals surface area contributed by atoms with E-state index in [0.717, 1.165) is 0 Å². The topological polar surface area (TPSA) is 44.8 Å². The van der Waals surface area contributed by atoms with Crippen LogP contribution in [0.15, 0.2) is 0 Å². The summed E-state index contributed by atoms with van der Waals surface area (Å²) < 4.78 is 21.2. The number of hydrogen-bond donors (Lipinski definition) is 0. The first-order valence-corrected chi connectivity index (χ1v) is 3.23. The second kappa shape index (κ2) is 4.53. The Bertz CT molecular complexity index is 177. The molecule has 0 aromatic heterocycles. The first-order chi connectivity index (χ1) is 5.08.